The number of hydrogen-bond donors (Lipinski definition) is 0. The molecule has 1 aromatic rings. The first-order chi connectivity index (χ1) is 10.3. The van der Waals surface area contributed by atoms with Gasteiger partial charge in [-0.25, -0.2) is 0 Å². The van der Waals surface area contributed by atoms with Crippen LogP contribution in [0.25, 0.3) is 5.57 Å². The van der Waals surface area contributed by atoms with Crippen molar-refractivity contribution in [3.8, 4) is 5.75 Å². The summed E-state index contributed by atoms with van der Waals surface area (Å²) in [7, 11) is 0. The molecule has 0 atom stereocenters. The zero-order chi connectivity index (χ0) is 16.6. The number of benzene rings is 1. The fraction of sp³-hybridized carbons (Fsp3) is 0.438. The van der Waals surface area contributed by atoms with Gasteiger partial charge in [-0.3, -0.25) is 4.79 Å². The predicted octanol–water partition coefficient (Wildman–Crippen LogP) is 4.72. The highest BCUT2D eigenvalue weighted by Crippen LogP contribution is 2.24. The molecule has 0 fully saturated rings. The zero-order valence-corrected chi connectivity index (χ0v) is 12.6. The third-order valence-electron chi connectivity index (χ3n) is 2.88. The Kier molecular flexibility index (Phi) is 6.95. The number of halogens is 3. The van der Waals surface area contributed by atoms with Crippen LogP contribution in [0, 0.1) is 0 Å². The Morgan fingerprint density at radius 3 is 2.41 bits per heavy atom. The molecule has 0 unspecified atom stereocenters. The molecular weight excluding hydrogens is 297 g/mol. The number of rotatable bonds is 7. The number of alkyl halides is 3. The van der Waals surface area contributed by atoms with Gasteiger partial charge in [-0.2, -0.15) is 0 Å². The molecule has 22 heavy (non-hydrogen) atoms. The van der Waals surface area contributed by atoms with Gasteiger partial charge < -0.3 is 9.47 Å². The van der Waals surface area contributed by atoms with E-state index in [1.54, 1.807) is 19.1 Å². The van der Waals surface area contributed by atoms with Crippen molar-refractivity contribution in [1.29, 1.82) is 0 Å². The summed E-state index contributed by atoms with van der Waals surface area (Å²) in [5, 5.41) is 0. The van der Waals surface area contributed by atoms with Crippen molar-refractivity contribution in [3.05, 3.63) is 35.9 Å². The van der Waals surface area contributed by atoms with Gasteiger partial charge in [0.15, 0.2) is 0 Å². The van der Waals surface area contributed by atoms with Crippen LogP contribution in [-0.2, 0) is 9.53 Å². The molecule has 0 saturated heterocycles. The molecule has 0 aromatic heterocycles. The lowest BCUT2D eigenvalue weighted by molar-refractivity contribution is -0.274. The molecule has 0 aliphatic carbocycles. The fourth-order valence-electron chi connectivity index (χ4n) is 1.84. The normalized spacial score (nSPS) is 12.1. The van der Waals surface area contributed by atoms with Gasteiger partial charge in [-0.1, -0.05) is 18.2 Å². The summed E-state index contributed by atoms with van der Waals surface area (Å²) in [6, 6.07) is 5.69. The zero-order valence-electron chi connectivity index (χ0n) is 12.6. The van der Waals surface area contributed by atoms with Crippen molar-refractivity contribution < 1.29 is 27.4 Å². The molecule has 1 rings (SSSR count). The minimum atomic E-state index is -4.68. The Hall–Kier alpha value is -1.98. The van der Waals surface area contributed by atoms with E-state index >= 15 is 0 Å². The number of hydrogen-bond acceptors (Lipinski definition) is 3. The maximum absolute atomic E-state index is 12.1. The summed E-state index contributed by atoms with van der Waals surface area (Å²) in [5.41, 5.74) is 1.74. The van der Waals surface area contributed by atoms with E-state index in [0.29, 0.717) is 25.9 Å². The highest BCUT2D eigenvalue weighted by molar-refractivity contribution is 5.69. The molecule has 0 bridgehead atoms. The van der Waals surface area contributed by atoms with Crippen molar-refractivity contribution in [2.45, 2.75) is 39.5 Å². The van der Waals surface area contributed by atoms with E-state index in [9.17, 15) is 18.0 Å². The van der Waals surface area contributed by atoms with E-state index in [1.807, 2.05) is 13.0 Å². The molecule has 0 radical (unpaired) electrons. The molecule has 122 valence electrons. The van der Waals surface area contributed by atoms with Gasteiger partial charge in [0.2, 0.25) is 0 Å². The van der Waals surface area contributed by atoms with E-state index in [1.165, 1.54) is 12.1 Å². The Morgan fingerprint density at radius 1 is 1.23 bits per heavy atom. The van der Waals surface area contributed by atoms with Crippen molar-refractivity contribution in [2.75, 3.05) is 6.61 Å². The second kappa shape index (κ2) is 8.46. The van der Waals surface area contributed by atoms with Crippen LogP contribution in [0.4, 0.5) is 13.2 Å². The van der Waals surface area contributed by atoms with Crippen molar-refractivity contribution in [1.82, 2.24) is 0 Å². The molecule has 0 aliphatic rings. The first-order valence-corrected chi connectivity index (χ1v) is 7.00. The van der Waals surface area contributed by atoms with Gasteiger partial charge >= 0.3 is 12.3 Å². The average Bonchev–Trinajstić information content (AvgIpc) is 2.43. The maximum atomic E-state index is 12.1. The van der Waals surface area contributed by atoms with E-state index in [-0.39, 0.29) is 11.7 Å². The van der Waals surface area contributed by atoms with Crippen LogP contribution in [0.15, 0.2) is 30.3 Å². The fourth-order valence-corrected chi connectivity index (χ4v) is 1.84. The van der Waals surface area contributed by atoms with Crippen LogP contribution in [-0.4, -0.2) is 18.9 Å². The van der Waals surface area contributed by atoms with Crippen LogP contribution >= 0.6 is 0 Å². The monoisotopic (exact) mass is 316 g/mol. The smallest absolute Gasteiger partial charge is 0.466 e. The van der Waals surface area contributed by atoms with Crippen molar-refractivity contribution >= 4 is 11.5 Å². The molecular formula is C16H19F3O3. The number of carbonyl (C=O) groups excluding carboxylic acids is 1. The van der Waals surface area contributed by atoms with Crippen LogP contribution in [0.2, 0.25) is 0 Å². The summed E-state index contributed by atoms with van der Waals surface area (Å²) < 4.78 is 44.8. The van der Waals surface area contributed by atoms with Crippen molar-refractivity contribution in [2.24, 2.45) is 0 Å². The summed E-state index contributed by atoms with van der Waals surface area (Å²) in [4.78, 5) is 11.2. The van der Waals surface area contributed by atoms with Crippen molar-refractivity contribution in [3.63, 3.8) is 0 Å². The van der Waals surface area contributed by atoms with Crippen LogP contribution in [0.5, 0.6) is 5.75 Å². The van der Waals surface area contributed by atoms with Crippen LogP contribution in [0.3, 0.4) is 0 Å². The Morgan fingerprint density at radius 2 is 1.86 bits per heavy atom. The van der Waals surface area contributed by atoms with E-state index in [0.717, 1.165) is 11.1 Å². The van der Waals surface area contributed by atoms with Crippen LogP contribution < -0.4 is 4.74 Å². The summed E-state index contributed by atoms with van der Waals surface area (Å²) >= 11 is 0. The van der Waals surface area contributed by atoms with Crippen LogP contribution in [0.1, 0.15) is 38.7 Å². The molecule has 0 N–H and O–H groups in total. The topological polar surface area (TPSA) is 35.5 Å². The molecule has 0 spiro atoms. The minimum Gasteiger partial charge on any atom is -0.466 e. The lowest BCUT2D eigenvalue weighted by Crippen LogP contribution is -2.16. The largest absolute Gasteiger partial charge is 0.573 e. The highest BCUT2D eigenvalue weighted by Gasteiger charge is 2.30. The van der Waals surface area contributed by atoms with Gasteiger partial charge in [-0.15, -0.1) is 13.2 Å². The lowest BCUT2D eigenvalue weighted by Gasteiger charge is -2.09. The van der Waals surface area contributed by atoms with E-state index in [2.05, 4.69) is 4.74 Å². The minimum absolute atomic E-state index is 0.220. The predicted molar refractivity (Wildman–Crippen MR) is 77.3 cm³/mol. The number of ether oxygens (including phenoxy) is 2. The quantitative estimate of drug-likeness (QED) is 0.539. The molecule has 6 heteroatoms. The summed E-state index contributed by atoms with van der Waals surface area (Å²) in [6.45, 7) is 4.00. The van der Waals surface area contributed by atoms with Gasteiger partial charge in [0, 0.05) is 6.42 Å². The highest BCUT2D eigenvalue weighted by atomic mass is 19.4. The number of allylic oxidation sites excluding steroid dienone is 2. The standard InChI is InChI=1S/C16H19F3O3/c1-3-21-15(20)7-5-4-6-12(2)13-8-10-14(11-9-13)22-16(17,18)19/h6,8-11H,3-5,7H2,1-2H3/b12-6+. The second-order valence-electron chi connectivity index (χ2n) is 4.66. The molecule has 0 saturated carbocycles. The third-order valence-corrected chi connectivity index (χ3v) is 2.88. The van der Waals surface area contributed by atoms with Gasteiger partial charge in [0.05, 0.1) is 6.61 Å². The molecule has 0 amide bonds. The van der Waals surface area contributed by atoms with Gasteiger partial charge in [-0.05, 0) is 50.0 Å². The molecule has 0 heterocycles. The van der Waals surface area contributed by atoms with Gasteiger partial charge in [0.25, 0.3) is 0 Å². The first-order valence-electron chi connectivity index (χ1n) is 7.00. The first kappa shape index (κ1) is 18.1. The Labute approximate surface area is 127 Å². The second-order valence-corrected chi connectivity index (χ2v) is 4.66. The maximum Gasteiger partial charge on any atom is 0.573 e. The molecule has 3 nitrogen and oxygen atoms in total. The third kappa shape index (κ3) is 7.15. The van der Waals surface area contributed by atoms with E-state index in [4.69, 9.17) is 4.74 Å². The summed E-state index contributed by atoms with van der Waals surface area (Å²) in [5.74, 6) is -0.464. The SMILES string of the molecule is CCOC(=O)CCC/C=C(\C)c1ccc(OC(F)(F)F)cc1. The molecule has 0 aliphatic heterocycles. The number of unbranched alkanes of at least 4 members (excludes halogenated alkanes) is 1. The lowest BCUT2D eigenvalue weighted by atomic mass is 10.1. The number of esters is 1. The molecule has 1 aromatic carbocycles. The number of carbonyl (C=O) groups is 1. The Bertz CT molecular complexity index is 504. The van der Waals surface area contributed by atoms with Gasteiger partial charge in [0.1, 0.15) is 5.75 Å². The average molecular weight is 316 g/mol. The Balaban J connectivity index is 2.49. The van der Waals surface area contributed by atoms with E-state index < -0.39 is 6.36 Å². The summed E-state index contributed by atoms with van der Waals surface area (Å²) in [6.07, 6.45) is -1.01.